The molecule has 3 heterocycles. The quantitative estimate of drug-likeness (QED) is 0.569. The zero-order valence-corrected chi connectivity index (χ0v) is 14.0. The van der Waals surface area contributed by atoms with Crippen LogP contribution in [0.5, 0.6) is 0 Å². The van der Waals surface area contributed by atoms with Gasteiger partial charge in [-0.05, 0) is 18.1 Å². The van der Waals surface area contributed by atoms with E-state index in [-0.39, 0.29) is 11.7 Å². The van der Waals surface area contributed by atoms with E-state index in [0.29, 0.717) is 17.2 Å². The Morgan fingerprint density at radius 2 is 1.83 bits per heavy atom. The molecular weight excluding hydrogens is 309 g/mol. The van der Waals surface area contributed by atoms with Gasteiger partial charge in [-0.15, -0.1) is 0 Å². The molecule has 2 aromatic rings. The first-order chi connectivity index (χ1) is 11.6. The van der Waals surface area contributed by atoms with Crippen LogP contribution < -0.4 is 21.9 Å². The number of hydrazine groups is 1. The largest absolute Gasteiger partial charge is 0.368 e. The molecule has 1 fully saturated rings. The van der Waals surface area contributed by atoms with Gasteiger partial charge in [-0.3, -0.25) is 16.7 Å². The number of anilines is 1. The molecule has 2 aromatic heterocycles. The van der Waals surface area contributed by atoms with Crippen LogP contribution >= 0.6 is 0 Å². The molecule has 0 spiro atoms. The van der Waals surface area contributed by atoms with E-state index in [1.165, 1.54) is 6.20 Å². The smallest absolute Gasteiger partial charge is 0.178 e. The first-order valence-corrected chi connectivity index (χ1v) is 7.93. The molecule has 130 valence electrons. The first-order valence-electron chi connectivity index (χ1n) is 7.93. The van der Waals surface area contributed by atoms with Crippen molar-refractivity contribution in [2.24, 2.45) is 11.7 Å². The van der Waals surface area contributed by atoms with E-state index in [2.05, 4.69) is 36.9 Å². The fraction of sp³-hybridized carbons (Fsp3) is 0.438. The van der Waals surface area contributed by atoms with Crippen molar-refractivity contribution in [3.63, 3.8) is 0 Å². The Hall–Kier alpha value is -2.16. The van der Waals surface area contributed by atoms with Crippen molar-refractivity contribution < 1.29 is 4.39 Å². The molecule has 0 aromatic carbocycles. The SMILES string of the molecule is CC(C)c1nc(-c2ccc(N3CCNCC3)cn2)ncc1F.NN. The number of nitrogens with zero attached hydrogens (tertiary/aromatic N) is 4. The molecule has 7 nitrogen and oxygen atoms in total. The van der Waals surface area contributed by atoms with Crippen molar-refractivity contribution in [3.05, 3.63) is 36.0 Å². The average molecular weight is 333 g/mol. The summed E-state index contributed by atoms with van der Waals surface area (Å²) in [5.74, 6) is 8.12. The number of nitrogens with two attached hydrogens (primary N) is 2. The topological polar surface area (TPSA) is 106 Å². The molecule has 0 atom stereocenters. The fourth-order valence-corrected chi connectivity index (χ4v) is 2.54. The predicted octanol–water partition coefficient (Wildman–Crippen LogP) is 1.03. The maximum absolute atomic E-state index is 13.7. The second-order valence-corrected chi connectivity index (χ2v) is 5.72. The minimum atomic E-state index is -0.365. The molecule has 5 N–H and O–H groups in total. The highest BCUT2D eigenvalue weighted by Gasteiger charge is 2.14. The molecule has 8 heteroatoms. The number of halogens is 1. The highest BCUT2D eigenvalue weighted by molar-refractivity contribution is 5.55. The lowest BCUT2D eigenvalue weighted by molar-refractivity contribution is 0.577. The van der Waals surface area contributed by atoms with E-state index < -0.39 is 0 Å². The maximum Gasteiger partial charge on any atom is 0.178 e. The number of aromatic nitrogens is 3. The molecule has 0 bridgehead atoms. The number of hydrogen-bond donors (Lipinski definition) is 3. The summed E-state index contributed by atoms with van der Waals surface area (Å²) in [4.78, 5) is 15.1. The Kier molecular flexibility index (Phi) is 6.53. The number of piperazine rings is 1. The van der Waals surface area contributed by atoms with Crippen LogP contribution in [-0.2, 0) is 0 Å². The van der Waals surface area contributed by atoms with E-state index in [4.69, 9.17) is 0 Å². The second-order valence-electron chi connectivity index (χ2n) is 5.72. The zero-order chi connectivity index (χ0) is 17.5. The van der Waals surface area contributed by atoms with E-state index in [1.807, 2.05) is 32.2 Å². The van der Waals surface area contributed by atoms with Crippen LogP contribution in [0.1, 0.15) is 25.5 Å². The Balaban J connectivity index is 0.00000100. The van der Waals surface area contributed by atoms with Crippen molar-refractivity contribution in [1.82, 2.24) is 20.3 Å². The minimum absolute atomic E-state index is 0.0156. The van der Waals surface area contributed by atoms with Gasteiger partial charge in [0.15, 0.2) is 11.6 Å². The van der Waals surface area contributed by atoms with Crippen molar-refractivity contribution in [3.8, 4) is 11.5 Å². The summed E-state index contributed by atoms with van der Waals surface area (Å²) in [5.41, 5.74) is 2.19. The number of nitrogens with one attached hydrogen (secondary N) is 1. The van der Waals surface area contributed by atoms with Gasteiger partial charge in [-0.1, -0.05) is 13.8 Å². The van der Waals surface area contributed by atoms with Crippen LogP contribution in [0.2, 0.25) is 0 Å². The number of hydrogen-bond acceptors (Lipinski definition) is 7. The summed E-state index contributed by atoms with van der Waals surface area (Å²) in [7, 11) is 0. The van der Waals surface area contributed by atoms with Crippen molar-refractivity contribution in [2.75, 3.05) is 31.1 Å². The molecule has 3 rings (SSSR count). The number of pyridine rings is 1. The third kappa shape index (κ3) is 4.22. The van der Waals surface area contributed by atoms with Gasteiger partial charge < -0.3 is 10.2 Å². The zero-order valence-electron chi connectivity index (χ0n) is 14.0. The lowest BCUT2D eigenvalue weighted by Gasteiger charge is -2.29. The third-order valence-electron chi connectivity index (χ3n) is 3.78. The van der Waals surface area contributed by atoms with Crippen molar-refractivity contribution in [1.29, 1.82) is 0 Å². The summed E-state index contributed by atoms with van der Waals surface area (Å²) >= 11 is 0. The summed E-state index contributed by atoms with van der Waals surface area (Å²) in [6, 6.07) is 3.92. The lowest BCUT2D eigenvalue weighted by Crippen LogP contribution is -2.43. The molecule has 0 saturated carbocycles. The normalized spacial score (nSPS) is 14.3. The Labute approximate surface area is 141 Å². The van der Waals surface area contributed by atoms with Crippen LogP contribution in [0.15, 0.2) is 24.5 Å². The van der Waals surface area contributed by atoms with Crippen LogP contribution in [0, 0.1) is 5.82 Å². The third-order valence-corrected chi connectivity index (χ3v) is 3.78. The molecule has 0 radical (unpaired) electrons. The molecule has 0 amide bonds. The van der Waals surface area contributed by atoms with Gasteiger partial charge in [0, 0.05) is 26.2 Å². The van der Waals surface area contributed by atoms with Gasteiger partial charge >= 0.3 is 0 Å². The van der Waals surface area contributed by atoms with Crippen LogP contribution in [0.3, 0.4) is 0 Å². The lowest BCUT2D eigenvalue weighted by atomic mass is 10.1. The minimum Gasteiger partial charge on any atom is -0.368 e. The Morgan fingerprint density at radius 1 is 1.12 bits per heavy atom. The average Bonchev–Trinajstić information content (AvgIpc) is 2.64. The molecule has 24 heavy (non-hydrogen) atoms. The fourth-order valence-electron chi connectivity index (χ4n) is 2.54. The van der Waals surface area contributed by atoms with Gasteiger partial charge in [0.1, 0.15) is 5.69 Å². The van der Waals surface area contributed by atoms with Gasteiger partial charge in [0.2, 0.25) is 0 Å². The molecule has 1 aliphatic rings. The highest BCUT2D eigenvalue weighted by atomic mass is 19.1. The first kappa shape index (κ1) is 18.2. The molecule has 1 aliphatic heterocycles. The summed E-state index contributed by atoms with van der Waals surface area (Å²) < 4.78 is 13.7. The highest BCUT2D eigenvalue weighted by Crippen LogP contribution is 2.21. The second kappa shape index (κ2) is 8.62. The molecule has 0 aliphatic carbocycles. The van der Waals surface area contributed by atoms with Gasteiger partial charge in [-0.25, -0.2) is 14.4 Å². The van der Waals surface area contributed by atoms with Crippen LogP contribution in [-0.4, -0.2) is 41.1 Å². The van der Waals surface area contributed by atoms with Crippen LogP contribution in [0.25, 0.3) is 11.5 Å². The maximum atomic E-state index is 13.7. The van der Waals surface area contributed by atoms with Gasteiger partial charge in [0.05, 0.1) is 23.8 Å². The summed E-state index contributed by atoms with van der Waals surface area (Å²) in [6.45, 7) is 7.75. The Bertz CT molecular complexity index is 639. The molecule has 1 saturated heterocycles. The van der Waals surface area contributed by atoms with E-state index in [0.717, 1.165) is 31.9 Å². The molecular formula is C16H24FN7. The predicted molar refractivity (Wildman–Crippen MR) is 92.8 cm³/mol. The van der Waals surface area contributed by atoms with E-state index >= 15 is 0 Å². The van der Waals surface area contributed by atoms with Gasteiger partial charge in [-0.2, -0.15) is 0 Å². The Morgan fingerprint density at radius 3 is 2.42 bits per heavy atom. The van der Waals surface area contributed by atoms with E-state index in [1.54, 1.807) is 0 Å². The van der Waals surface area contributed by atoms with Crippen molar-refractivity contribution >= 4 is 5.69 Å². The monoisotopic (exact) mass is 333 g/mol. The summed E-state index contributed by atoms with van der Waals surface area (Å²) in [5, 5.41) is 3.33. The summed E-state index contributed by atoms with van der Waals surface area (Å²) in [6.07, 6.45) is 3.06. The standard InChI is InChI=1S/C16H20FN5.H4N2/c1-11(2)15-13(17)10-20-16(21-15)14-4-3-12(9-19-14)22-7-5-18-6-8-22;1-2/h3-4,9-11,18H,5-8H2,1-2H3;1-2H2. The van der Waals surface area contributed by atoms with Crippen LogP contribution in [0.4, 0.5) is 10.1 Å². The van der Waals surface area contributed by atoms with Gasteiger partial charge in [0.25, 0.3) is 0 Å². The van der Waals surface area contributed by atoms with E-state index in [9.17, 15) is 4.39 Å². The van der Waals surface area contributed by atoms with Crippen molar-refractivity contribution in [2.45, 2.75) is 19.8 Å². The molecule has 0 unspecified atom stereocenters. The number of rotatable bonds is 3.